The number of anilines is 1. The highest BCUT2D eigenvalue weighted by Gasteiger charge is 2.30. The van der Waals surface area contributed by atoms with E-state index < -0.39 is 0 Å². The highest BCUT2D eigenvalue weighted by Crippen LogP contribution is 2.39. The Labute approximate surface area is 192 Å². The standard InChI is InChI=1S/C26H28N4O3/c1-2-16-6-8-18(9-7-16)25(32)27-20-12-13-21(24(31)14-20)22-15-23(17-4-3-5-17)30(29-22)26(33)28-19-10-11-19/h6-9,12-15,17,19,31H,2-5,10-11H2,1H3,(H,27,32)(H,28,33). The average molecular weight is 445 g/mol. The predicted octanol–water partition coefficient (Wildman–Crippen LogP) is 5.06. The van der Waals surface area contributed by atoms with Crippen LogP contribution in [0.2, 0.25) is 0 Å². The number of benzene rings is 2. The second kappa shape index (κ2) is 8.73. The molecule has 0 saturated heterocycles. The Morgan fingerprint density at radius 3 is 2.42 bits per heavy atom. The molecule has 2 aliphatic rings. The Balaban J connectivity index is 1.36. The number of phenolic OH excluding ortho intramolecular Hbond substituents is 1. The van der Waals surface area contributed by atoms with Gasteiger partial charge in [0.1, 0.15) is 5.75 Å². The summed E-state index contributed by atoms with van der Waals surface area (Å²) in [5.74, 6) is 0.0793. The van der Waals surface area contributed by atoms with Gasteiger partial charge in [0.2, 0.25) is 0 Å². The van der Waals surface area contributed by atoms with Crippen LogP contribution in [0.25, 0.3) is 11.3 Å². The zero-order chi connectivity index (χ0) is 22.9. The van der Waals surface area contributed by atoms with E-state index in [1.807, 2.05) is 18.2 Å². The molecule has 0 bridgehead atoms. The highest BCUT2D eigenvalue weighted by atomic mass is 16.3. The number of amides is 2. The normalized spacial score (nSPS) is 15.7. The van der Waals surface area contributed by atoms with Gasteiger partial charge in [0, 0.05) is 34.8 Å². The van der Waals surface area contributed by atoms with Gasteiger partial charge in [0.05, 0.1) is 11.4 Å². The number of rotatable bonds is 6. The van der Waals surface area contributed by atoms with Gasteiger partial charge in [0.15, 0.2) is 0 Å². The number of nitrogens with zero attached hydrogens (tertiary/aromatic N) is 2. The van der Waals surface area contributed by atoms with E-state index in [0.29, 0.717) is 28.4 Å². The van der Waals surface area contributed by atoms with E-state index in [0.717, 1.165) is 44.2 Å². The van der Waals surface area contributed by atoms with Crippen LogP contribution in [0.3, 0.4) is 0 Å². The van der Waals surface area contributed by atoms with Crippen molar-refractivity contribution in [3.63, 3.8) is 0 Å². The first-order valence-corrected chi connectivity index (χ1v) is 11.7. The molecule has 0 atom stereocenters. The molecule has 2 amide bonds. The molecule has 2 saturated carbocycles. The maximum absolute atomic E-state index is 12.7. The Morgan fingerprint density at radius 1 is 1.06 bits per heavy atom. The van der Waals surface area contributed by atoms with Gasteiger partial charge in [-0.05, 0) is 68.0 Å². The van der Waals surface area contributed by atoms with E-state index in [4.69, 9.17) is 0 Å². The van der Waals surface area contributed by atoms with Crippen LogP contribution >= 0.6 is 0 Å². The summed E-state index contributed by atoms with van der Waals surface area (Å²) in [4.78, 5) is 25.3. The van der Waals surface area contributed by atoms with E-state index in [-0.39, 0.29) is 23.7 Å². The smallest absolute Gasteiger partial charge is 0.342 e. The molecular weight excluding hydrogens is 416 g/mol. The van der Waals surface area contributed by atoms with E-state index in [9.17, 15) is 14.7 Å². The molecule has 1 aromatic heterocycles. The molecular formula is C26H28N4O3. The number of phenols is 1. The average Bonchev–Trinajstić information content (AvgIpc) is 3.49. The third-order valence-corrected chi connectivity index (χ3v) is 6.51. The lowest BCUT2D eigenvalue weighted by atomic mass is 9.82. The van der Waals surface area contributed by atoms with Crippen molar-refractivity contribution in [3.05, 3.63) is 65.4 Å². The SMILES string of the molecule is CCc1ccc(C(=O)Nc2ccc(-c3cc(C4CCC4)n(C(=O)NC4CC4)n3)c(O)c2)cc1. The van der Waals surface area contributed by atoms with E-state index >= 15 is 0 Å². The van der Waals surface area contributed by atoms with Gasteiger partial charge in [-0.15, -0.1) is 0 Å². The highest BCUT2D eigenvalue weighted by molar-refractivity contribution is 6.04. The summed E-state index contributed by atoms with van der Waals surface area (Å²) in [5, 5.41) is 21.1. The van der Waals surface area contributed by atoms with E-state index in [1.54, 1.807) is 24.3 Å². The Bertz CT molecular complexity index is 1190. The third kappa shape index (κ3) is 4.49. The largest absolute Gasteiger partial charge is 0.507 e. The minimum Gasteiger partial charge on any atom is -0.507 e. The first-order valence-electron chi connectivity index (χ1n) is 11.7. The summed E-state index contributed by atoms with van der Waals surface area (Å²) < 4.78 is 1.46. The quantitative estimate of drug-likeness (QED) is 0.495. The fourth-order valence-electron chi connectivity index (χ4n) is 4.07. The number of aromatic hydroxyl groups is 1. The molecule has 1 heterocycles. The first-order chi connectivity index (χ1) is 16.0. The molecule has 7 nitrogen and oxygen atoms in total. The second-order valence-corrected chi connectivity index (χ2v) is 8.95. The minimum absolute atomic E-state index is 0.00143. The summed E-state index contributed by atoms with van der Waals surface area (Å²) in [7, 11) is 0. The summed E-state index contributed by atoms with van der Waals surface area (Å²) >= 11 is 0. The van der Waals surface area contributed by atoms with Gasteiger partial charge in [-0.25, -0.2) is 4.79 Å². The van der Waals surface area contributed by atoms with Crippen LogP contribution in [0, 0.1) is 0 Å². The van der Waals surface area contributed by atoms with Crippen molar-refractivity contribution in [2.45, 2.75) is 57.4 Å². The lowest BCUT2D eigenvalue weighted by Crippen LogP contribution is -2.33. The summed E-state index contributed by atoms with van der Waals surface area (Å²) in [6.07, 6.45) is 6.16. The topological polar surface area (TPSA) is 96.3 Å². The molecule has 0 aliphatic heterocycles. The summed E-state index contributed by atoms with van der Waals surface area (Å²) in [6, 6.07) is 14.4. The van der Waals surface area contributed by atoms with Crippen LogP contribution in [0.1, 0.15) is 66.6 Å². The molecule has 2 aromatic carbocycles. The van der Waals surface area contributed by atoms with Crippen LogP contribution in [-0.4, -0.2) is 32.9 Å². The van der Waals surface area contributed by atoms with Crippen molar-refractivity contribution in [1.82, 2.24) is 15.1 Å². The lowest BCUT2D eigenvalue weighted by molar-refractivity contribution is 0.102. The van der Waals surface area contributed by atoms with Gasteiger partial charge in [-0.1, -0.05) is 25.5 Å². The number of aryl methyl sites for hydroxylation is 1. The van der Waals surface area contributed by atoms with Crippen molar-refractivity contribution in [3.8, 4) is 17.0 Å². The molecule has 7 heteroatoms. The Kier molecular flexibility index (Phi) is 5.62. The number of nitrogens with one attached hydrogen (secondary N) is 2. The van der Waals surface area contributed by atoms with Gasteiger partial charge in [-0.2, -0.15) is 9.78 Å². The molecule has 0 spiro atoms. The molecule has 33 heavy (non-hydrogen) atoms. The Hall–Kier alpha value is -3.61. The van der Waals surface area contributed by atoms with Crippen LogP contribution in [0.4, 0.5) is 10.5 Å². The second-order valence-electron chi connectivity index (χ2n) is 8.95. The molecule has 0 unspecified atom stereocenters. The monoisotopic (exact) mass is 444 g/mol. The Morgan fingerprint density at radius 2 is 1.82 bits per heavy atom. The molecule has 2 aliphatic carbocycles. The van der Waals surface area contributed by atoms with Crippen LogP contribution in [-0.2, 0) is 6.42 Å². The van der Waals surface area contributed by atoms with Gasteiger partial charge in [-0.3, -0.25) is 4.79 Å². The fraction of sp³-hybridized carbons (Fsp3) is 0.346. The number of aromatic nitrogens is 2. The number of hydrogen-bond acceptors (Lipinski definition) is 4. The van der Waals surface area contributed by atoms with Crippen molar-refractivity contribution in [2.24, 2.45) is 0 Å². The van der Waals surface area contributed by atoms with E-state index in [1.165, 1.54) is 16.3 Å². The third-order valence-electron chi connectivity index (χ3n) is 6.51. The number of carbonyl (C=O) groups excluding carboxylic acids is 2. The fourth-order valence-corrected chi connectivity index (χ4v) is 4.07. The lowest BCUT2D eigenvalue weighted by Gasteiger charge is -2.25. The van der Waals surface area contributed by atoms with Crippen LogP contribution in [0.15, 0.2) is 48.5 Å². The number of hydrogen-bond donors (Lipinski definition) is 3. The number of carbonyl (C=O) groups is 2. The summed E-state index contributed by atoms with van der Waals surface area (Å²) in [6.45, 7) is 2.07. The first kappa shape index (κ1) is 21.2. The summed E-state index contributed by atoms with van der Waals surface area (Å²) in [5.41, 5.74) is 4.18. The zero-order valence-electron chi connectivity index (χ0n) is 18.7. The van der Waals surface area contributed by atoms with E-state index in [2.05, 4.69) is 22.7 Å². The van der Waals surface area contributed by atoms with Gasteiger partial charge < -0.3 is 15.7 Å². The molecule has 170 valence electrons. The predicted molar refractivity (Wildman–Crippen MR) is 127 cm³/mol. The van der Waals surface area contributed by atoms with Crippen molar-refractivity contribution in [2.75, 3.05) is 5.32 Å². The molecule has 2 fully saturated rings. The van der Waals surface area contributed by atoms with Crippen LogP contribution in [0.5, 0.6) is 5.75 Å². The maximum Gasteiger partial charge on any atom is 0.342 e. The van der Waals surface area contributed by atoms with Crippen LogP contribution < -0.4 is 10.6 Å². The molecule has 3 N–H and O–H groups in total. The maximum atomic E-state index is 12.7. The van der Waals surface area contributed by atoms with Crippen molar-refractivity contribution >= 4 is 17.6 Å². The minimum atomic E-state index is -0.238. The van der Waals surface area contributed by atoms with Gasteiger partial charge in [0.25, 0.3) is 5.91 Å². The molecule has 0 radical (unpaired) electrons. The van der Waals surface area contributed by atoms with Crippen molar-refractivity contribution in [1.29, 1.82) is 0 Å². The van der Waals surface area contributed by atoms with Crippen molar-refractivity contribution < 1.29 is 14.7 Å². The molecule has 3 aromatic rings. The zero-order valence-corrected chi connectivity index (χ0v) is 18.7. The molecule has 5 rings (SSSR count). The van der Waals surface area contributed by atoms with Gasteiger partial charge >= 0.3 is 6.03 Å².